The maximum absolute atomic E-state index is 7.28. The zero-order valence-electron chi connectivity index (χ0n) is 13.9. The first-order chi connectivity index (χ1) is 11.9. The van der Waals surface area contributed by atoms with E-state index in [1.54, 1.807) is 14.2 Å². The molecule has 0 spiro atoms. The SMILES string of the molecule is COC1(OC)[C@@]2(Cl)C(Cl)=C(Cl)[C@]1(Cl)[C@@H]1[C@@H]2[C@@H]2CC[C@@H]1c1ccccc12. The maximum atomic E-state index is 7.28. The fraction of sp³-hybridized carbons (Fsp3) is 0.579. The van der Waals surface area contributed by atoms with E-state index in [1.165, 1.54) is 11.1 Å². The van der Waals surface area contributed by atoms with Crippen LogP contribution in [0.5, 0.6) is 0 Å². The van der Waals surface area contributed by atoms with E-state index in [0.717, 1.165) is 12.8 Å². The topological polar surface area (TPSA) is 18.5 Å². The van der Waals surface area contributed by atoms with Gasteiger partial charge in [0.2, 0.25) is 5.79 Å². The van der Waals surface area contributed by atoms with Crippen LogP contribution in [0.1, 0.15) is 35.8 Å². The molecule has 0 aromatic heterocycles. The molecule has 0 heterocycles. The molecule has 1 aromatic carbocycles. The van der Waals surface area contributed by atoms with Gasteiger partial charge in [0.15, 0.2) is 0 Å². The minimum Gasteiger partial charge on any atom is -0.350 e. The Kier molecular flexibility index (Phi) is 3.50. The molecule has 0 amide bonds. The van der Waals surface area contributed by atoms with Crippen LogP contribution in [-0.2, 0) is 9.47 Å². The average molecular weight is 420 g/mol. The molecular weight excluding hydrogens is 402 g/mol. The molecule has 2 fully saturated rings. The standard InChI is InChI=1S/C19H18Cl4O2/c1-24-19(25-2)17(22)13-11-7-8-12(10-6-4-3-5-9(10)11)14(13)18(19,23)16(21)15(17)20/h3-6,11-14H,7-8H2,1-2H3/t11-,12-,13+,14+,17-,18+/m1/s1. The fourth-order valence-electron chi connectivity index (χ4n) is 6.43. The van der Waals surface area contributed by atoms with Crippen LogP contribution in [-0.4, -0.2) is 29.8 Å². The Labute approximate surface area is 167 Å². The maximum Gasteiger partial charge on any atom is 0.217 e. The molecule has 25 heavy (non-hydrogen) atoms. The lowest BCUT2D eigenvalue weighted by molar-refractivity contribution is -0.220. The van der Waals surface area contributed by atoms with Crippen molar-refractivity contribution in [1.82, 2.24) is 0 Å². The fourth-order valence-corrected chi connectivity index (χ4v) is 8.75. The Hall–Kier alpha value is 0.0400. The minimum atomic E-state index is -1.28. The van der Waals surface area contributed by atoms with Gasteiger partial charge in [-0.15, -0.1) is 23.2 Å². The van der Waals surface area contributed by atoms with E-state index in [1.807, 2.05) is 0 Å². The van der Waals surface area contributed by atoms with Crippen molar-refractivity contribution in [2.45, 2.75) is 40.2 Å². The average Bonchev–Trinajstić information content (AvgIpc) is 2.92. The highest BCUT2D eigenvalue weighted by Crippen LogP contribution is 2.80. The molecule has 6 heteroatoms. The van der Waals surface area contributed by atoms with E-state index in [0.29, 0.717) is 10.1 Å². The van der Waals surface area contributed by atoms with Gasteiger partial charge in [0, 0.05) is 26.1 Å². The second kappa shape index (κ2) is 5.10. The highest BCUT2D eigenvalue weighted by atomic mass is 35.5. The lowest BCUT2D eigenvalue weighted by atomic mass is 9.53. The first-order valence-electron chi connectivity index (χ1n) is 8.53. The van der Waals surface area contributed by atoms with Gasteiger partial charge in [-0.25, -0.2) is 0 Å². The molecule has 6 atom stereocenters. The van der Waals surface area contributed by atoms with Crippen molar-refractivity contribution in [3.05, 3.63) is 45.5 Å². The number of halogens is 4. The zero-order valence-corrected chi connectivity index (χ0v) is 16.9. The first kappa shape index (κ1) is 17.2. The summed E-state index contributed by atoms with van der Waals surface area (Å²) in [6, 6.07) is 8.58. The highest BCUT2D eigenvalue weighted by molar-refractivity contribution is 6.52. The Balaban J connectivity index is 1.83. The Morgan fingerprint density at radius 3 is 1.60 bits per heavy atom. The van der Waals surface area contributed by atoms with Crippen LogP contribution in [0.25, 0.3) is 0 Å². The third kappa shape index (κ3) is 1.51. The van der Waals surface area contributed by atoms with Gasteiger partial charge in [0.05, 0.1) is 10.1 Å². The first-order valence-corrected chi connectivity index (χ1v) is 10.0. The number of rotatable bonds is 2. The van der Waals surface area contributed by atoms with Crippen molar-refractivity contribution >= 4 is 46.4 Å². The predicted octanol–water partition coefficient (Wildman–Crippen LogP) is 5.55. The van der Waals surface area contributed by atoms with Crippen LogP contribution < -0.4 is 0 Å². The van der Waals surface area contributed by atoms with Gasteiger partial charge in [-0.2, -0.15) is 0 Å². The number of hydrogen-bond acceptors (Lipinski definition) is 2. The van der Waals surface area contributed by atoms with E-state index >= 15 is 0 Å². The van der Waals surface area contributed by atoms with E-state index < -0.39 is 15.5 Å². The normalized spacial score (nSPS) is 45.7. The smallest absolute Gasteiger partial charge is 0.217 e. The van der Waals surface area contributed by atoms with Gasteiger partial charge in [-0.3, -0.25) is 0 Å². The third-order valence-electron chi connectivity index (χ3n) is 7.12. The van der Waals surface area contributed by atoms with Crippen LogP contribution in [0.15, 0.2) is 34.3 Å². The Bertz CT molecular complexity index is 743. The summed E-state index contributed by atoms with van der Waals surface area (Å²) in [6.07, 6.45) is 2.13. The Morgan fingerprint density at radius 2 is 1.24 bits per heavy atom. The summed E-state index contributed by atoms with van der Waals surface area (Å²) < 4.78 is 11.8. The summed E-state index contributed by atoms with van der Waals surface area (Å²) in [4.78, 5) is -2.17. The molecule has 1 aromatic rings. The lowest BCUT2D eigenvalue weighted by Crippen LogP contribution is -2.57. The molecule has 0 aliphatic heterocycles. The van der Waals surface area contributed by atoms with Crippen molar-refractivity contribution < 1.29 is 9.47 Å². The summed E-state index contributed by atoms with van der Waals surface area (Å²) in [5, 5.41) is 0.752. The van der Waals surface area contributed by atoms with Crippen LogP contribution in [0.3, 0.4) is 0 Å². The van der Waals surface area contributed by atoms with E-state index in [9.17, 15) is 0 Å². The molecular formula is C19H18Cl4O2. The molecule has 2 nitrogen and oxygen atoms in total. The van der Waals surface area contributed by atoms with Gasteiger partial charge in [0.1, 0.15) is 9.75 Å². The van der Waals surface area contributed by atoms with Crippen molar-refractivity contribution in [3.8, 4) is 0 Å². The molecule has 0 radical (unpaired) electrons. The number of methoxy groups -OCH3 is 2. The second-order valence-corrected chi connectivity index (χ2v) is 9.50. The summed E-state index contributed by atoms with van der Waals surface area (Å²) in [7, 11) is 3.15. The molecule has 5 aliphatic rings. The molecule has 5 aliphatic carbocycles. The molecule has 0 N–H and O–H groups in total. The second-order valence-electron chi connectivity index (χ2n) is 7.55. The predicted molar refractivity (Wildman–Crippen MR) is 101 cm³/mol. The minimum absolute atomic E-state index is 0.0233. The van der Waals surface area contributed by atoms with Crippen molar-refractivity contribution in [2.75, 3.05) is 14.2 Å². The van der Waals surface area contributed by atoms with Crippen LogP contribution in [0.2, 0.25) is 0 Å². The van der Waals surface area contributed by atoms with Crippen LogP contribution in [0.4, 0.5) is 0 Å². The molecule has 134 valence electrons. The van der Waals surface area contributed by atoms with Crippen LogP contribution >= 0.6 is 46.4 Å². The molecule has 6 rings (SSSR count). The van der Waals surface area contributed by atoms with Crippen molar-refractivity contribution in [3.63, 3.8) is 0 Å². The van der Waals surface area contributed by atoms with Gasteiger partial charge >= 0.3 is 0 Å². The molecule has 4 bridgehead atoms. The van der Waals surface area contributed by atoms with Gasteiger partial charge in [-0.1, -0.05) is 47.5 Å². The summed E-state index contributed by atoms with van der Waals surface area (Å²) in [5.41, 5.74) is 2.71. The van der Waals surface area contributed by atoms with Gasteiger partial charge < -0.3 is 9.47 Å². The van der Waals surface area contributed by atoms with Crippen molar-refractivity contribution in [2.24, 2.45) is 11.8 Å². The van der Waals surface area contributed by atoms with Crippen molar-refractivity contribution in [1.29, 1.82) is 0 Å². The molecule has 2 saturated carbocycles. The van der Waals surface area contributed by atoms with E-state index in [4.69, 9.17) is 55.9 Å². The number of hydrogen-bond donors (Lipinski definition) is 0. The summed E-state index contributed by atoms with van der Waals surface area (Å²) in [6.45, 7) is 0. The number of alkyl halides is 2. The Morgan fingerprint density at radius 1 is 0.840 bits per heavy atom. The van der Waals surface area contributed by atoms with E-state index in [-0.39, 0.29) is 23.7 Å². The monoisotopic (exact) mass is 418 g/mol. The largest absolute Gasteiger partial charge is 0.350 e. The highest BCUT2D eigenvalue weighted by Gasteiger charge is 2.87. The third-order valence-corrected chi connectivity index (χ3v) is 9.76. The summed E-state index contributed by atoms with van der Waals surface area (Å²) >= 11 is 27.9. The lowest BCUT2D eigenvalue weighted by Gasteiger charge is -2.53. The van der Waals surface area contributed by atoms with E-state index in [2.05, 4.69) is 24.3 Å². The van der Waals surface area contributed by atoms with Crippen LogP contribution in [0, 0.1) is 11.8 Å². The molecule has 0 unspecified atom stereocenters. The number of fused-ring (bicyclic) bond motifs is 3. The summed E-state index contributed by atoms with van der Waals surface area (Å²) in [5.74, 6) is -0.694. The zero-order chi connectivity index (χ0) is 17.8. The number of ether oxygens (including phenoxy) is 2. The van der Waals surface area contributed by atoms with Gasteiger partial charge in [-0.05, 0) is 35.8 Å². The van der Waals surface area contributed by atoms with Gasteiger partial charge in [0.25, 0.3) is 0 Å². The quantitative estimate of drug-likeness (QED) is 0.461. The molecule has 0 saturated heterocycles. The number of benzene rings is 1.